The van der Waals surface area contributed by atoms with Gasteiger partial charge in [0.15, 0.2) is 0 Å². The average Bonchev–Trinajstić information content (AvgIpc) is 2.61. The number of halogens is 1. The summed E-state index contributed by atoms with van der Waals surface area (Å²) in [5.41, 5.74) is 0.849. The van der Waals surface area contributed by atoms with Crippen molar-refractivity contribution in [2.45, 2.75) is 19.1 Å². The number of benzene rings is 1. The monoisotopic (exact) mass is 360 g/mol. The van der Waals surface area contributed by atoms with Crippen LogP contribution in [-0.2, 0) is 4.74 Å². The highest BCUT2D eigenvalue weighted by Crippen LogP contribution is 2.30. The lowest BCUT2D eigenvalue weighted by Crippen LogP contribution is -2.48. The van der Waals surface area contributed by atoms with Gasteiger partial charge >= 0.3 is 5.97 Å². The lowest BCUT2D eigenvalue weighted by atomic mass is 10.00. The zero-order chi connectivity index (χ0) is 18.0. The summed E-state index contributed by atoms with van der Waals surface area (Å²) >= 11 is 6.05. The van der Waals surface area contributed by atoms with E-state index in [-0.39, 0.29) is 29.4 Å². The van der Waals surface area contributed by atoms with Crippen LogP contribution in [0.2, 0.25) is 5.02 Å². The Morgan fingerprint density at radius 1 is 1.24 bits per heavy atom. The minimum absolute atomic E-state index is 0.110. The largest absolute Gasteiger partial charge is 0.477 e. The SMILES string of the molecule is C[C@@H]1[C@@H](c2cccc(Cl)c2)OCCN1C(=O)c1cccc(C(=O)O)n1. The number of nitrogens with zero attached hydrogens (tertiary/aromatic N) is 2. The summed E-state index contributed by atoms with van der Waals surface area (Å²) in [6, 6.07) is 11.5. The molecule has 1 saturated heterocycles. The Labute approximate surface area is 150 Å². The summed E-state index contributed by atoms with van der Waals surface area (Å²) < 4.78 is 5.84. The number of aromatic carboxylic acids is 1. The van der Waals surface area contributed by atoms with Crippen molar-refractivity contribution in [3.63, 3.8) is 0 Å². The highest BCUT2D eigenvalue weighted by Gasteiger charge is 2.34. The maximum Gasteiger partial charge on any atom is 0.354 e. The quantitative estimate of drug-likeness (QED) is 0.910. The van der Waals surface area contributed by atoms with E-state index in [9.17, 15) is 9.59 Å². The van der Waals surface area contributed by atoms with Crippen molar-refractivity contribution in [3.8, 4) is 0 Å². The number of hydrogen-bond acceptors (Lipinski definition) is 4. The van der Waals surface area contributed by atoms with E-state index >= 15 is 0 Å². The molecule has 0 unspecified atom stereocenters. The van der Waals surface area contributed by atoms with Gasteiger partial charge in [0.25, 0.3) is 5.91 Å². The van der Waals surface area contributed by atoms with Crippen LogP contribution >= 0.6 is 11.6 Å². The molecule has 2 heterocycles. The molecule has 7 heteroatoms. The summed E-state index contributed by atoms with van der Waals surface area (Å²) in [6.45, 7) is 2.69. The number of carboxylic acids is 1. The molecule has 2 atom stereocenters. The van der Waals surface area contributed by atoms with Gasteiger partial charge in [-0.15, -0.1) is 0 Å². The van der Waals surface area contributed by atoms with Gasteiger partial charge in [-0.3, -0.25) is 4.79 Å². The Morgan fingerprint density at radius 2 is 1.96 bits per heavy atom. The molecule has 2 aromatic rings. The zero-order valence-electron chi connectivity index (χ0n) is 13.6. The second kappa shape index (κ2) is 7.21. The summed E-state index contributed by atoms with van der Waals surface area (Å²) in [5.74, 6) is -1.48. The predicted molar refractivity (Wildman–Crippen MR) is 91.8 cm³/mol. The number of carbonyl (C=O) groups is 2. The Morgan fingerprint density at radius 3 is 2.68 bits per heavy atom. The third-order valence-electron chi connectivity index (χ3n) is 4.18. The van der Waals surface area contributed by atoms with Gasteiger partial charge in [-0.2, -0.15) is 0 Å². The van der Waals surface area contributed by atoms with E-state index in [1.54, 1.807) is 11.0 Å². The summed E-state index contributed by atoms with van der Waals surface area (Å²) in [6.07, 6.45) is -0.306. The molecule has 0 aliphatic carbocycles. The van der Waals surface area contributed by atoms with Gasteiger partial charge in [0, 0.05) is 11.6 Å². The second-order valence-electron chi connectivity index (χ2n) is 5.80. The van der Waals surface area contributed by atoms with Gasteiger partial charge in [0.05, 0.1) is 12.6 Å². The zero-order valence-corrected chi connectivity index (χ0v) is 14.3. The molecule has 1 N–H and O–H groups in total. The molecule has 0 bridgehead atoms. The molecular weight excluding hydrogens is 344 g/mol. The van der Waals surface area contributed by atoms with Gasteiger partial charge in [0.2, 0.25) is 0 Å². The number of ether oxygens (including phenoxy) is 1. The third-order valence-corrected chi connectivity index (χ3v) is 4.42. The molecule has 3 rings (SSSR count). The third kappa shape index (κ3) is 3.65. The van der Waals surface area contributed by atoms with Crippen LogP contribution in [0, 0.1) is 0 Å². The Bertz CT molecular complexity index is 811. The van der Waals surface area contributed by atoms with E-state index < -0.39 is 5.97 Å². The van der Waals surface area contributed by atoms with Crippen molar-refractivity contribution in [2.24, 2.45) is 0 Å². The van der Waals surface area contributed by atoms with Crippen LogP contribution in [0.5, 0.6) is 0 Å². The molecule has 1 aromatic carbocycles. The second-order valence-corrected chi connectivity index (χ2v) is 6.24. The van der Waals surface area contributed by atoms with Crippen LogP contribution in [-0.4, -0.2) is 46.1 Å². The molecule has 130 valence electrons. The number of aromatic nitrogens is 1. The fourth-order valence-electron chi connectivity index (χ4n) is 2.95. The number of rotatable bonds is 3. The molecule has 6 nitrogen and oxygen atoms in total. The first-order valence-corrected chi connectivity index (χ1v) is 8.23. The fourth-order valence-corrected chi connectivity index (χ4v) is 3.15. The standard InChI is InChI=1S/C18H17ClN2O4/c1-11-16(12-4-2-5-13(19)10-12)25-9-8-21(11)17(22)14-6-3-7-15(20-14)18(23)24/h2-7,10-11,16H,8-9H2,1H3,(H,23,24)/t11-,16+/m1/s1. The summed E-state index contributed by atoms with van der Waals surface area (Å²) in [4.78, 5) is 29.5. The van der Waals surface area contributed by atoms with Crippen molar-refractivity contribution in [1.29, 1.82) is 0 Å². The van der Waals surface area contributed by atoms with E-state index in [0.29, 0.717) is 18.2 Å². The molecule has 25 heavy (non-hydrogen) atoms. The normalized spacial score (nSPS) is 20.3. The number of carbonyl (C=O) groups excluding carboxylic acids is 1. The molecule has 1 amide bonds. The van der Waals surface area contributed by atoms with Crippen molar-refractivity contribution >= 4 is 23.5 Å². The van der Waals surface area contributed by atoms with Crippen molar-refractivity contribution in [3.05, 3.63) is 64.4 Å². The minimum atomic E-state index is -1.17. The van der Waals surface area contributed by atoms with Gasteiger partial charge in [-0.05, 0) is 36.8 Å². The summed E-state index contributed by atoms with van der Waals surface area (Å²) in [5, 5.41) is 9.65. The average molecular weight is 361 g/mol. The first-order chi connectivity index (χ1) is 12.0. The Kier molecular flexibility index (Phi) is 5.01. The van der Waals surface area contributed by atoms with Crippen LogP contribution in [0.3, 0.4) is 0 Å². The fraction of sp³-hybridized carbons (Fsp3) is 0.278. The lowest BCUT2D eigenvalue weighted by molar-refractivity contribution is -0.0553. The summed E-state index contributed by atoms with van der Waals surface area (Å²) in [7, 11) is 0. The minimum Gasteiger partial charge on any atom is -0.477 e. The van der Waals surface area contributed by atoms with Crippen LogP contribution in [0.25, 0.3) is 0 Å². The first-order valence-electron chi connectivity index (χ1n) is 7.86. The highest BCUT2D eigenvalue weighted by atomic mass is 35.5. The maximum atomic E-state index is 12.8. The molecule has 1 aliphatic heterocycles. The van der Waals surface area contributed by atoms with Crippen LogP contribution in [0.4, 0.5) is 0 Å². The first kappa shape index (κ1) is 17.4. The lowest BCUT2D eigenvalue weighted by Gasteiger charge is -2.39. The topological polar surface area (TPSA) is 79.7 Å². The maximum absolute atomic E-state index is 12.8. The van der Waals surface area contributed by atoms with Crippen LogP contribution in [0.1, 0.15) is 39.6 Å². The Hall–Kier alpha value is -2.44. The van der Waals surface area contributed by atoms with Gasteiger partial charge < -0.3 is 14.7 Å². The van der Waals surface area contributed by atoms with E-state index in [4.69, 9.17) is 21.4 Å². The number of carboxylic acid groups (broad SMARTS) is 1. The van der Waals surface area contributed by atoms with Crippen molar-refractivity contribution in [1.82, 2.24) is 9.88 Å². The predicted octanol–water partition coefficient (Wildman–Crippen LogP) is 3.04. The smallest absolute Gasteiger partial charge is 0.354 e. The molecule has 0 spiro atoms. The number of pyridine rings is 1. The van der Waals surface area contributed by atoms with Crippen molar-refractivity contribution in [2.75, 3.05) is 13.2 Å². The molecule has 1 aliphatic rings. The van der Waals surface area contributed by atoms with Crippen molar-refractivity contribution < 1.29 is 19.4 Å². The van der Waals surface area contributed by atoms with Gasteiger partial charge in [-0.1, -0.05) is 29.8 Å². The highest BCUT2D eigenvalue weighted by molar-refractivity contribution is 6.30. The number of morpholine rings is 1. The molecule has 1 aromatic heterocycles. The van der Waals surface area contributed by atoms with Gasteiger partial charge in [-0.25, -0.2) is 9.78 Å². The van der Waals surface area contributed by atoms with E-state index in [1.807, 2.05) is 25.1 Å². The van der Waals surface area contributed by atoms with Crippen LogP contribution < -0.4 is 0 Å². The molecule has 0 saturated carbocycles. The van der Waals surface area contributed by atoms with Gasteiger partial charge in [0.1, 0.15) is 17.5 Å². The Balaban J connectivity index is 1.85. The molecule has 1 fully saturated rings. The molecule has 0 radical (unpaired) electrons. The van der Waals surface area contributed by atoms with Crippen LogP contribution in [0.15, 0.2) is 42.5 Å². The van der Waals surface area contributed by atoms with E-state index in [0.717, 1.165) is 5.56 Å². The molecular formula is C18H17ClN2O4. The number of hydrogen-bond donors (Lipinski definition) is 1. The number of amides is 1. The van der Waals surface area contributed by atoms with E-state index in [2.05, 4.69) is 4.98 Å². The van der Waals surface area contributed by atoms with E-state index in [1.165, 1.54) is 18.2 Å².